The predicted molar refractivity (Wildman–Crippen MR) is 135 cm³/mol. The van der Waals surface area contributed by atoms with E-state index < -0.39 is 17.3 Å². The van der Waals surface area contributed by atoms with Crippen LogP contribution < -0.4 is 0 Å². The Morgan fingerprint density at radius 1 is 0.941 bits per heavy atom. The summed E-state index contributed by atoms with van der Waals surface area (Å²) >= 11 is 1.42. The molecular weight excluding hydrogens is 448 g/mol. The molecule has 0 N–H and O–H groups in total. The Balaban J connectivity index is 1.54. The number of carbonyl (C=O) groups is 3. The van der Waals surface area contributed by atoms with Crippen LogP contribution in [-0.2, 0) is 31.3 Å². The highest BCUT2D eigenvalue weighted by Gasteiger charge is 2.55. The number of benzene rings is 2. The standard InChI is InChI=1S/C27H34N2O4S/c1-3-33-27(32)24-25(34-20-23-17-11-7-12-18-23)26(31)29(24)28(21(2)30)19-13-5-4-8-14-22-15-9-6-10-16-22/h6-7,9-12,15-18,24-25H,3-5,8,13-14,19-20H2,1-2H3. The van der Waals surface area contributed by atoms with Crippen LogP contribution in [0.4, 0.5) is 0 Å². The van der Waals surface area contributed by atoms with Crippen molar-refractivity contribution in [1.29, 1.82) is 0 Å². The lowest BCUT2D eigenvalue weighted by Gasteiger charge is -2.49. The minimum Gasteiger partial charge on any atom is -0.464 e. The van der Waals surface area contributed by atoms with Crippen LogP contribution >= 0.6 is 11.8 Å². The van der Waals surface area contributed by atoms with E-state index in [2.05, 4.69) is 24.3 Å². The van der Waals surface area contributed by atoms with Crippen LogP contribution in [0.5, 0.6) is 0 Å². The van der Waals surface area contributed by atoms with Gasteiger partial charge in [-0.1, -0.05) is 73.5 Å². The Morgan fingerprint density at radius 2 is 1.56 bits per heavy atom. The SMILES string of the molecule is CCOC(=O)C1C(SCc2ccccc2)C(=O)N1N(CCCCCCc1ccccc1)C(C)=O. The van der Waals surface area contributed by atoms with E-state index in [1.807, 2.05) is 36.4 Å². The number of thioether (sulfide) groups is 1. The fraction of sp³-hybridized carbons (Fsp3) is 0.444. The van der Waals surface area contributed by atoms with Crippen molar-refractivity contribution in [2.75, 3.05) is 13.2 Å². The summed E-state index contributed by atoms with van der Waals surface area (Å²) in [5.74, 6) is -0.291. The number of amides is 2. The number of hydrogen-bond acceptors (Lipinski definition) is 5. The van der Waals surface area contributed by atoms with E-state index in [0.29, 0.717) is 12.3 Å². The Hall–Kier alpha value is -2.80. The van der Waals surface area contributed by atoms with Crippen molar-refractivity contribution in [3.8, 4) is 0 Å². The summed E-state index contributed by atoms with van der Waals surface area (Å²) in [6.45, 7) is 3.83. The van der Waals surface area contributed by atoms with E-state index in [0.717, 1.165) is 37.7 Å². The lowest BCUT2D eigenvalue weighted by Crippen LogP contribution is -2.72. The van der Waals surface area contributed by atoms with Gasteiger partial charge in [-0.3, -0.25) is 14.6 Å². The van der Waals surface area contributed by atoms with Crippen LogP contribution in [0.15, 0.2) is 60.7 Å². The number of aryl methyl sites for hydroxylation is 1. The molecule has 1 aliphatic heterocycles. The van der Waals surface area contributed by atoms with Gasteiger partial charge in [0.1, 0.15) is 5.25 Å². The quantitative estimate of drug-likeness (QED) is 0.237. The number of rotatable bonds is 13. The molecule has 0 radical (unpaired) electrons. The summed E-state index contributed by atoms with van der Waals surface area (Å²) in [7, 11) is 0. The molecular formula is C27H34N2O4S. The number of hydrazine groups is 1. The van der Waals surface area contributed by atoms with Crippen molar-refractivity contribution in [2.45, 2.75) is 63.0 Å². The van der Waals surface area contributed by atoms with Crippen LogP contribution in [0.25, 0.3) is 0 Å². The number of carbonyl (C=O) groups excluding carboxylic acids is 3. The fourth-order valence-corrected chi connectivity index (χ4v) is 5.32. The minimum atomic E-state index is -0.775. The highest BCUT2D eigenvalue weighted by atomic mass is 32.2. The number of nitrogens with zero attached hydrogens (tertiary/aromatic N) is 2. The first-order chi connectivity index (χ1) is 16.5. The van der Waals surface area contributed by atoms with Gasteiger partial charge in [0.05, 0.1) is 6.61 Å². The Labute approximate surface area is 206 Å². The molecule has 0 saturated carbocycles. The fourth-order valence-electron chi connectivity index (χ4n) is 4.10. The second-order valence-corrected chi connectivity index (χ2v) is 9.52. The van der Waals surface area contributed by atoms with Gasteiger partial charge in [-0.15, -0.1) is 11.8 Å². The molecule has 0 spiro atoms. The molecule has 2 unspecified atom stereocenters. The molecule has 182 valence electrons. The van der Waals surface area contributed by atoms with E-state index in [9.17, 15) is 14.4 Å². The maximum Gasteiger partial charge on any atom is 0.332 e. The van der Waals surface area contributed by atoms with Crippen molar-refractivity contribution >= 4 is 29.5 Å². The first-order valence-electron chi connectivity index (χ1n) is 12.0. The Morgan fingerprint density at radius 3 is 2.18 bits per heavy atom. The second kappa shape index (κ2) is 13.2. The molecule has 2 aromatic rings. The van der Waals surface area contributed by atoms with Crippen molar-refractivity contribution in [3.63, 3.8) is 0 Å². The van der Waals surface area contributed by atoms with Gasteiger partial charge in [-0.25, -0.2) is 9.80 Å². The summed E-state index contributed by atoms with van der Waals surface area (Å²) in [5.41, 5.74) is 2.41. The van der Waals surface area contributed by atoms with Gasteiger partial charge in [0, 0.05) is 19.2 Å². The first-order valence-corrected chi connectivity index (χ1v) is 13.0. The molecule has 1 heterocycles. The molecule has 1 aliphatic rings. The molecule has 2 aromatic carbocycles. The third-order valence-electron chi connectivity index (χ3n) is 5.87. The largest absolute Gasteiger partial charge is 0.464 e. The molecule has 0 bridgehead atoms. The van der Waals surface area contributed by atoms with Gasteiger partial charge in [-0.05, 0) is 37.3 Å². The second-order valence-electron chi connectivity index (χ2n) is 8.39. The maximum absolute atomic E-state index is 13.0. The van der Waals surface area contributed by atoms with Crippen molar-refractivity contribution in [2.24, 2.45) is 0 Å². The minimum absolute atomic E-state index is 0.210. The molecule has 2 amide bonds. The normalized spacial score (nSPS) is 17.2. The smallest absolute Gasteiger partial charge is 0.332 e. The topological polar surface area (TPSA) is 66.9 Å². The number of unbranched alkanes of at least 4 members (excludes halogenated alkanes) is 3. The zero-order valence-corrected chi connectivity index (χ0v) is 20.8. The average molecular weight is 483 g/mol. The van der Waals surface area contributed by atoms with Gasteiger partial charge in [0.15, 0.2) is 6.04 Å². The van der Waals surface area contributed by atoms with Crippen LogP contribution in [0, 0.1) is 0 Å². The van der Waals surface area contributed by atoms with Crippen LogP contribution in [0.1, 0.15) is 50.7 Å². The zero-order chi connectivity index (χ0) is 24.3. The highest BCUT2D eigenvalue weighted by molar-refractivity contribution is 8.00. The molecule has 0 aliphatic carbocycles. The van der Waals surface area contributed by atoms with E-state index in [4.69, 9.17) is 4.74 Å². The van der Waals surface area contributed by atoms with E-state index in [1.165, 1.54) is 34.3 Å². The van der Waals surface area contributed by atoms with Gasteiger partial charge in [0.2, 0.25) is 5.91 Å². The van der Waals surface area contributed by atoms with Crippen LogP contribution in [0.2, 0.25) is 0 Å². The van der Waals surface area contributed by atoms with Gasteiger partial charge < -0.3 is 4.74 Å². The molecule has 3 rings (SSSR count). The third-order valence-corrected chi connectivity index (χ3v) is 7.19. The monoisotopic (exact) mass is 482 g/mol. The van der Waals surface area contributed by atoms with Gasteiger partial charge in [-0.2, -0.15) is 0 Å². The number of ether oxygens (including phenoxy) is 1. The number of β-lactam (4-membered cyclic amide) rings is 1. The Bertz CT molecular complexity index is 938. The summed E-state index contributed by atoms with van der Waals surface area (Å²) in [6, 6.07) is 19.4. The van der Waals surface area contributed by atoms with Crippen molar-refractivity contribution in [1.82, 2.24) is 10.0 Å². The zero-order valence-electron chi connectivity index (χ0n) is 20.0. The predicted octanol–water partition coefficient (Wildman–Crippen LogP) is 4.63. The number of esters is 1. The average Bonchev–Trinajstić information content (AvgIpc) is 2.84. The van der Waals surface area contributed by atoms with E-state index in [-0.39, 0.29) is 18.4 Å². The van der Waals surface area contributed by atoms with Crippen LogP contribution in [-0.4, -0.2) is 52.2 Å². The molecule has 6 nitrogen and oxygen atoms in total. The molecule has 2 atom stereocenters. The van der Waals surface area contributed by atoms with Gasteiger partial charge in [0.25, 0.3) is 5.91 Å². The molecule has 0 aromatic heterocycles. The van der Waals surface area contributed by atoms with Crippen LogP contribution in [0.3, 0.4) is 0 Å². The molecule has 1 saturated heterocycles. The lowest BCUT2D eigenvalue weighted by atomic mass is 10.0. The van der Waals surface area contributed by atoms with Crippen molar-refractivity contribution < 1.29 is 19.1 Å². The van der Waals surface area contributed by atoms with Gasteiger partial charge >= 0.3 is 5.97 Å². The summed E-state index contributed by atoms with van der Waals surface area (Å²) in [5, 5.41) is 2.21. The first kappa shape index (κ1) is 25.8. The van der Waals surface area contributed by atoms with E-state index >= 15 is 0 Å². The lowest BCUT2D eigenvalue weighted by molar-refractivity contribution is -0.192. The third kappa shape index (κ3) is 6.86. The summed E-state index contributed by atoms with van der Waals surface area (Å²) in [4.78, 5) is 38.2. The molecule has 7 heteroatoms. The summed E-state index contributed by atoms with van der Waals surface area (Å²) in [6.07, 6.45) is 4.89. The molecule has 1 fully saturated rings. The van der Waals surface area contributed by atoms with E-state index in [1.54, 1.807) is 6.92 Å². The highest BCUT2D eigenvalue weighted by Crippen LogP contribution is 2.35. The summed E-state index contributed by atoms with van der Waals surface area (Å²) < 4.78 is 5.25. The molecule has 34 heavy (non-hydrogen) atoms. The maximum atomic E-state index is 13.0. The number of hydrogen-bond donors (Lipinski definition) is 0. The Kier molecular flexibility index (Phi) is 10.0. The van der Waals surface area contributed by atoms with Crippen molar-refractivity contribution in [3.05, 3.63) is 71.8 Å².